The van der Waals surface area contributed by atoms with Gasteiger partial charge in [0.15, 0.2) is 0 Å². The lowest BCUT2D eigenvalue weighted by Crippen LogP contribution is -2.12. The summed E-state index contributed by atoms with van der Waals surface area (Å²) in [4.78, 5) is 0. The van der Waals surface area contributed by atoms with Crippen LogP contribution >= 0.6 is 11.6 Å². The second-order valence-electron chi connectivity index (χ2n) is 4.11. The van der Waals surface area contributed by atoms with Crippen molar-refractivity contribution in [3.63, 3.8) is 0 Å². The molecule has 1 aromatic heterocycles. The van der Waals surface area contributed by atoms with E-state index in [2.05, 4.69) is 12.0 Å². The van der Waals surface area contributed by atoms with E-state index in [1.807, 2.05) is 42.2 Å². The molecule has 3 nitrogen and oxygen atoms in total. The Morgan fingerprint density at radius 3 is 2.82 bits per heavy atom. The van der Waals surface area contributed by atoms with Gasteiger partial charge in [0, 0.05) is 23.3 Å². The van der Waals surface area contributed by atoms with Crippen LogP contribution in [0.4, 0.5) is 0 Å². The molecule has 1 unspecified atom stereocenters. The largest absolute Gasteiger partial charge is 0.320 e. The van der Waals surface area contributed by atoms with E-state index in [9.17, 15) is 0 Å². The Labute approximate surface area is 106 Å². The second-order valence-corrected chi connectivity index (χ2v) is 4.54. The minimum absolute atomic E-state index is 0.146. The maximum absolute atomic E-state index is 6.24. The number of aryl methyl sites for hydroxylation is 2. The average Bonchev–Trinajstić information content (AvgIpc) is 2.76. The van der Waals surface area contributed by atoms with Crippen molar-refractivity contribution in [3.8, 4) is 0 Å². The Bertz CT molecular complexity index is 519. The quantitative estimate of drug-likeness (QED) is 0.909. The molecule has 4 heteroatoms. The van der Waals surface area contributed by atoms with Gasteiger partial charge in [0.25, 0.3) is 0 Å². The number of nitrogens with two attached hydrogens (primary N) is 1. The second kappa shape index (κ2) is 4.90. The number of benzene rings is 1. The highest BCUT2D eigenvalue weighted by Gasteiger charge is 2.13. The maximum atomic E-state index is 6.24. The van der Waals surface area contributed by atoms with Gasteiger partial charge in [0.05, 0.1) is 12.2 Å². The summed E-state index contributed by atoms with van der Waals surface area (Å²) in [5.74, 6) is 0. The molecule has 0 fully saturated rings. The smallest absolute Gasteiger partial charge is 0.0585 e. The fourth-order valence-corrected chi connectivity index (χ4v) is 2.11. The summed E-state index contributed by atoms with van der Waals surface area (Å²) < 4.78 is 1.88. The monoisotopic (exact) mass is 249 g/mol. The van der Waals surface area contributed by atoms with Gasteiger partial charge in [-0.2, -0.15) is 5.10 Å². The molecule has 0 aliphatic heterocycles. The molecular weight excluding hydrogens is 234 g/mol. The molecule has 90 valence electrons. The van der Waals surface area contributed by atoms with Crippen molar-refractivity contribution in [2.24, 2.45) is 5.73 Å². The zero-order valence-electron chi connectivity index (χ0n) is 10.0. The molecule has 1 aromatic carbocycles. The summed E-state index contributed by atoms with van der Waals surface area (Å²) in [6.45, 7) is 4.92. The molecular formula is C13H16ClN3. The average molecular weight is 250 g/mol. The summed E-state index contributed by atoms with van der Waals surface area (Å²) in [7, 11) is 0. The molecule has 0 aliphatic carbocycles. The molecule has 0 radical (unpaired) electrons. The minimum Gasteiger partial charge on any atom is -0.320 e. The molecule has 0 saturated heterocycles. The molecule has 0 bridgehead atoms. The molecule has 0 aliphatic rings. The highest BCUT2D eigenvalue weighted by Crippen LogP contribution is 2.24. The predicted molar refractivity (Wildman–Crippen MR) is 70.1 cm³/mol. The molecule has 2 N–H and O–H groups in total. The molecule has 0 saturated carbocycles. The first-order valence-corrected chi connectivity index (χ1v) is 6.03. The Morgan fingerprint density at radius 1 is 1.47 bits per heavy atom. The van der Waals surface area contributed by atoms with Crippen molar-refractivity contribution in [2.75, 3.05) is 0 Å². The van der Waals surface area contributed by atoms with Crippen LogP contribution in [0.15, 0.2) is 30.6 Å². The fourth-order valence-electron chi connectivity index (χ4n) is 1.88. The van der Waals surface area contributed by atoms with E-state index in [4.69, 9.17) is 17.3 Å². The summed E-state index contributed by atoms with van der Waals surface area (Å²) in [6.07, 6.45) is 3.81. The van der Waals surface area contributed by atoms with E-state index >= 15 is 0 Å². The van der Waals surface area contributed by atoms with Crippen LogP contribution in [0.3, 0.4) is 0 Å². The number of aromatic nitrogens is 2. The van der Waals surface area contributed by atoms with E-state index in [0.717, 1.165) is 28.3 Å². The number of nitrogens with zero attached hydrogens (tertiary/aromatic N) is 2. The molecule has 0 amide bonds. The topological polar surface area (TPSA) is 43.8 Å². The third-order valence-electron chi connectivity index (χ3n) is 2.90. The first-order valence-electron chi connectivity index (χ1n) is 5.65. The normalized spacial score (nSPS) is 12.7. The van der Waals surface area contributed by atoms with Crippen molar-refractivity contribution >= 4 is 11.6 Å². The van der Waals surface area contributed by atoms with Crippen molar-refractivity contribution in [1.82, 2.24) is 9.78 Å². The number of rotatable bonds is 3. The molecule has 2 rings (SSSR count). The van der Waals surface area contributed by atoms with E-state index in [-0.39, 0.29) is 6.04 Å². The van der Waals surface area contributed by atoms with Crippen molar-refractivity contribution < 1.29 is 0 Å². The van der Waals surface area contributed by atoms with Crippen LogP contribution in [-0.4, -0.2) is 9.78 Å². The predicted octanol–water partition coefficient (Wildman–Crippen LogP) is 2.91. The molecule has 1 heterocycles. The lowest BCUT2D eigenvalue weighted by atomic mass is 9.98. The third kappa shape index (κ3) is 2.51. The van der Waals surface area contributed by atoms with Gasteiger partial charge in [-0.15, -0.1) is 0 Å². The van der Waals surface area contributed by atoms with E-state index in [1.54, 1.807) is 0 Å². The lowest BCUT2D eigenvalue weighted by molar-refractivity contribution is 0.658. The van der Waals surface area contributed by atoms with Gasteiger partial charge in [-0.25, -0.2) is 0 Å². The standard InChI is InChI=1S/C13H16ClN3/c1-3-17-8-10(7-16-17)13(15)12-5-4-11(14)6-9(12)2/h4-8,13H,3,15H2,1-2H3. The van der Waals surface area contributed by atoms with Crippen molar-refractivity contribution in [1.29, 1.82) is 0 Å². The summed E-state index contributed by atoms with van der Waals surface area (Å²) in [5.41, 5.74) is 9.46. The van der Waals surface area contributed by atoms with Crippen molar-refractivity contribution in [3.05, 3.63) is 52.3 Å². The zero-order valence-corrected chi connectivity index (χ0v) is 10.8. The summed E-state index contributed by atoms with van der Waals surface area (Å²) in [5, 5.41) is 4.98. The van der Waals surface area contributed by atoms with Gasteiger partial charge in [-0.05, 0) is 37.1 Å². The van der Waals surface area contributed by atoms with Crippen LogP contribution in [0.25, 0.3) is 0 Å². The van der Waals surface area contributed by atoms with E-state index in [1.165, 1.54) is 0 Å². The molecule has 2 aromatic rings. The molecule has 0 spiro atoms. The van der Waals surface area contributed by atoms with Gasteiger partial charge in [0.2, 0.25) is 0 Å². The number of halogens is 1. The maximum Gasteiger partial charge on any atom is 0.0585 e. The van der Waals surface area contributed by atoms with Gasteiger partial charge >= 0.3 is 0 Å². The minimum atomic E-state index is -0.146. The van der Waals surface area contributed by atoms with E-state index in [0.29, 0.717) is 0 Å². The van der Waals surface area contributed by atoms with Gasteiger partial charge in [0.1, 0.15) is 0 Å². The van der Waals surface area contributed by atoms with Gasteiger partial charge < -0.3 is 5.73 Å². The fraction of sp³-hybridized carbons (Fsp3) is 0.308. The van der Waals surface area contributed by atoms with Crippen molar-refractivity contribution in [2.45, 2.75) is 26.4 Å². The summed E-state index contributed by atoms with van der Waals surface area (Å²) in [6, 6.07) is 5.63. The first-order chi connectivity index (χ1) is 8.11. The van der Waals surface area contributed by atoms with Crippen LogP contribution in [0, 0.1) is 6.92 Å². The Balaban J connectivity index is 2.33. The van der Waals surface area contributed by atoms with E-state index < -0.39 is 0 Å². The first kappa shape index (κ1) is 12.1. The van der Waals surface area contributed by atoms with Gasteiger partial charge in [-0.3, -0.25) is 4.68 Å². The van der Waals surface area contributed by atoms with Crippen LogP contribution < -0.4 is 5.73 Å². The van der Waals surface area contributed by atoms with Crippen LogP contribution in [0.1, 0.15) is 29.7 Å². The Kier molecular flexibility index (Phi) is 3.50. The van der Waals surface area contributed by atoms with Crippen LogP contribution in [-0.2, 0) is 6.54 Å². The molecule has 1 atom stereocenters. The highest BCUT2D eigenvalue weighted by atomic mass is 35.5. The van der Waals surface area contributed by atoms with Gasteiger partial charge in [-0.1, -0.05) is 17.7 Å². The third-order valence-corrected chi connectivity index (χ3v) is 3.14. The summed E-state index contributed by atoms with van der Waals surface area (Å²) >= 11 is 5.94. The van der Waals surface area contributed by atoms with Crippen LogP contribution in [0.2, 0.25) is 5.02 Å². The number of hydrogen-bond donors (Lipinski definition) is 1. The Morgan fingerprint density at radius 2 is 2.24 bits per heavy atom. The molecule has 17 heavy (non-hydrogen) atoms. The number of hydrogen-bond acceptors (Lipinski definition) is 2. The SMILES string of the molecule is CCn1cc(C(N)c2ccc(Cl)cc2C)cn1. The van der Waals surface area contributed by atoms with Crippen LogP contribution in [0.5, 0.6) is 0 Å². The zero-order chi connectivity index (χ0) is 12.4. The highest BCUT2D eigenvalue weighted by molar-refractivity contribution is 6.30. The Hall–Kier alpha value is -1.32. The lowest BCUT2D eigenvalue weighted by Gasteiger charge is -2.13.